The van der Waals surface area contributed by atoms with Gasteiger partial charge in [0.15, 0.2) is 9.84 Å². The van der Waals surface area contributed by atoms with E-state index in [-0.39, 0.29) is 0 Å². The van der Waals surface area contributed by atoms with E-state index in [1.54, 1.807) is 0 Å². The van der Waals surface area contributed by atoms with Crippen LogP contribution in [0.3, 0.4) is 0 Å². The third-order valence-corrected chi connectivity index (χ3v) is 0.891. The summed E-state index contributed by atoms with van der Waals surface area (Å²) in [5.74, 6) is 0. The Hall–Kier alpha value is -0.380. The van der Waals surface area contributed by atoms with Gasteiger partial charge >= 0.3 is 0 Å². The molecule has 0 amide bonds. The summed E-state index contributed by atoms with van der Waals surface area (Å²) in [7, 11) is -1.55. The summed E-state index contributed by atoms with van der Waals surface area (Å²) in [6.07, 6.45) is 1.10. The Kier molecular flexibility index (Phi) is 1.95. The van der Waals surface area contributed by atoms with Gasteiger partial charge in [-0.1, -0.05) is 0 Å². The topological polar surface area (TPSA) is 46.5 Å². The summed E-state index contributed by atoms with van der Waals surface area (Å²) in [6, 6.07) is 0. The maximum Gasteiger partial charge on any atom is 0.185 e. The van der Waals surface area contributed by atoms with Gasteiger partial charge in [-0.2, -0.15) is 0 Å². The van der Waals surface area contributed by atoms with Crippen molar-refractivity contribution in [3.05, 3.63) is 0 Å². The molecule has 3 nitrogen and oxygen atoms in total. The SMILES string of the molecule is C/N=C/S(C)(=O)=O. The van der Waals surface area contributed by atoms with Gasteiger partial charge in [0, 0.05) is 13.3 Å². The van der Waals surface area contributed by atoms with Gasteiger partial charge in [0.2, 0.25) is 0 Å². The molecule has 0 saturated heterocycles. The molecule has 42 valence electrons. The molecule has 0 heterocycles. The summed E-state index contributed by atoms with van der Waals surface area (Å²) < 4.78 is 20.2. The van der Waals surface area contributed by atoms with Gasteiger partial charge in [0.25, 0.3) is 0 Å². The molecule has 0 rings (SSSR count). The minimum Gasteiger partial charge on any atom is -0.284 e. The highest BCUT2D eigenvalue weighted by Crippen LogP contribution is 1.70. The van der Waals surface area contributed by atoms with Gasteiger partial charge in [-0.15, -0.1) is 0 Å². The highest BCUT2D eigenvalue weighted by molar-refractivity contribution is 8.03. The Morgan fingerprint density at radius 3 is 2.00 bits per heavy atom. The molecule has 7 heavy (non-hydrogen) atoms. The van der Waals surface area contributed by atoms with E-state index < -0.39 is 9.84 Å². The van der Waals surface area contributed by atoms with E-state index in [0.717, 1.165) is 11.8 Å². The van der Waals surface area contributed by atoms with Crippen LogP contribution in [0.5, 0.6) is 0 Å². The van der Waals surface area contributed by atoms with Crippen molar-refractivity contribution >= 4 is 15.4 Å². The van der Waals surface area contributed by atoms with E-state index in [9.17, 15) is 8.42 Å². The fraction of sp³-hybridized carbons (Fsp3) is 0.667. The first-order valence-corrected chi connectivity index (χ1v) is 3.64. The standard InChI is InChI=1S/C3H7NO2S/c1-4-3-7(2,5)6/h3H,1-2H3/b4-3+. The Bertz CT molecular complexity index is 156. The number of nitrogens with zero attached hydrogens (tertiary/aromatic N) is 1. The minimum absolute atomic E-state index is 0.910. The summed E-state index contributed by atoms with van der Waals surface area (Å²) >= 11 is 0. The van der Waals surface area contributed by atoms with Crippen LogP contribution < -0.4 is 0 Å². The van der Waals surface area contributed by atoms with Crippen LogP contribution in [0.15, 0.2) is 4.99 Å². The molecule has 0 aromatic carbocycles. The molecule has 0 saturated carbocycles. The smallest absolute Gasteiger partial charge is 0.185 e. The molecular formula is C3H7NO2S. The number of hydrogen-bond acceptors (Lipinski definition) is 3. The third-order valence-electron chi connectivity index (χ3n) is 0.297. The third kappa shape index (κ3) is 5.62. The molecule has 0 bridgehead atoms. The Balaban J connectivity index is 4.13. The van der Waals surface area contributed by atoms with Gasteiger partial charge < -0.3 is 0 Å². The Morgan fingerprint density at radius 1 is 1.57 bits per heavy atom. The van der Waals surface area contributed by atoms with Crippen LogP contribution in [-0.4, -0.2) is 27.3 Å². The predicted molar refractivity (Wildman–Crippen MR) is 29.3 cm³/mol. The van der Waals surface area contributed by atoms with Crippen molar-refractivity contribution in [1.29, 1.82) is 0 Å². The zero-order valence-corrected chi connectivity index (χ0v) is 5.07. The predicted octanol–water partition coefficient (Wildman–Crippen LogP) is -0.311. The van der Waals surface area contributed by atoms with Crippen LogP contribution >= 0.6 is 0 Å². The van der Waals surface area contributed by atoms with Gasteiger partial charge in [-0.05, 0) is 0 Å². The molecule has 0 spiro atoms. The molecule has 0 aromatic rings. The molecule has 0 N–H and O–H groups in total. The largest absolute Gasteiger partial charge is 0.284 e. The lowest BCUT2D eigenvalue weighted by Gasteiger charge is -1.76. The summed E-state index contributed by atoms with van der Waals surface area (Å²) in [5, 5.41) is 0. The quantitative estimate of drug-likeness (QED) is 0.353. The minimum atomic E-state index is -2.97. The average Bonchev–Trinajstić information content (AvgIpc) is 1.30. The van der Waals surface area contributed by atoms with E-state index in [2.05, 4.69) is 4.99 Å². The molecule has 0 unspecified atom stereocenters. The molecule has 0 aliphatic heterocycles. The normalized spacial score (nSPS) is 12.9. The molecule has 0 aliphatic rings. The first-order chi connectivity index (χ1) is 3.06. The van der Waals surface area contributed by atoms with Gasteiger partial charge in [-0.25, -0.2) is 8.42 Å². The molecule has 0 atom stereocenters. The Labute approximate surface area is 43.0 Å². The first-order valence-electron chi connectivity index (χ1n) is 1.68. The molecular weight excluding hydrogens is 114 g/mol. The van der Waals surface area contributed by atoms with Crippen LogP contribution in [0.4, 0.5) is 0 Å². The van der Waals surface area contributed by atoms with Crippen LogP contribution in [-0.2, 0) is 9.84 Å². The molecule has 4 heteroatoms. The summed E-state index contributed by atoms with van der Waals surface area (Å²) in [5.41, 5.74) is 0.910. The fourth-order valence-electron chi connectivity index (χ4n) is 0.191. The van der Waals surface area contributed by atoms with Crippen molar-refractivity contribution in [2.24, 2.45) is 4.99 Å². The van der Waals surface area contributed by atoms with E-state index in [1.807, 2.05) is 0 Å². The highest BCUT2D eigenvalue weighted by Gasteiger charge is 1.89. The maximum atomic E-state index is 10.1. The van der Waals surface area contributed by atoms with Crippen molar-refractivity contribution in [1.82, 2.24) is 0 Å². The van der Waals surface area contributed by atoms with E-state index in [0.29, 0.717) is 0 Å². The van der Waals surface area contributed by atoms with Gasteiger partial charge in [0.1, 0.15) is 5.55 Å². The van der Waals surface area contributed by atoms with Crippen LogP contribution in [0.25, 0.3) is 0 Å². The zero-order valence-electron chi connectivity index (χ0n) is 4.25. The lowest BCUT2D eigenvalue weighted by molar-refractivity contribution is 0.613. The van der Waals surface area contributed by atoms with E-state index in [4.69, 9.17) is 0 Å². The highest BCUT2D eigenvalue weighted by atomic mass is 32.2. The molecule has 0 fully saturated rings. The number of sulfone groups is 1. The van der Waals surface area contributed by atoms with Crippen molar-refractivity contribution in [2.75, 3.05) is 13.3 Å². The van der Waals surface area contributed by atoms with E-state index >= 15 is 0 Å². The number of hydrogen-bond donors (Lipinski definition) is 0. The van der Waals surface area contributed by atoms with Crippen LogP contribution in [0.2, 0.25) is 0 Å². The van der Waals surface area contributed by atoms with Gasteiger partial charge in [-0.3, -0.25) is 4.99 Å². The second kappa shape index (κ2) is 2.07. The average molecular weight is 121 g/mol. The lowest BCUT2D eigenvalue weighted by atomic mass is 11.4. The number of rotatable bonds is 1. The molecule has 0 radical (unpaired) electrons. The first kappa shape index (κ1) is 6.62. The van der Waals surface area contributed by atoms with Crippen LogP contribution in [0, 0.1) is 0 Å². The zero-order chi connectivity index (χ0) is 5.91. The maximum absolute atomic E-state index is 10.1. The summed E-state index contributed by atoms with van der Waals surface area (Å²) in [4.78, 5) is 3.29. The van der Waals surface area contributed by atoms with Crippen LogP contribution in [0.1, 0.15) is 0 Å². The Morgan fingerprint density at radius 2 is 2.00 bits per heavy atom. The van der Waals surface area contributed by atoms with Crippen molar-refractivity contribution in [3.63, 3.8) is 0 Å². The number of aliphatic imine (C=N–C) groups is 1. The van der Waals surface area contributed by atoms with Gasteiger partial charge in [0.05, 0.1) is 0 Å². The van der Waals surface area contributed by atoms with Crippen molar-refractivity contribution in [3.8, 4) is 0 Å². The molecule has 0 aliphatic carbocycles. The lowest BCUT2D eigenvalue weighted by Crippen LogP contribution is -1.94. The van der Waals surface area contributed by atoms with Crippen molar-refractivity contribution < 1.29 is 8.42 Å². The van der Waals surface area contributed by atoms with E-state index in [1.165, 1.54) is 7.05 Å². The second-order valence-electron chi connectivity index (χ2n) is 1.19. The fourth-order valence-corrected chi connectivity index (χ4v) is 0.574. The second-order valence-corrected chi connectivity index (χ2v) is 3.06. The molecule has 0 aromatic heterocycles. The van der Waals surface area contributed by atoms with Crippen molar-refractivity contribution in [2.45, 2.75) is 0 Å². The monoisotopic (exact) mass is 121 g/mol. The summed E-state index contributed by atoms with van der Waals surface area (Å²) in [6.45, 7) is 0.